The second-order valence-corrected chi connectivity index (χ2v) is 10.9. The number of hydrogen-bond donors (Lipinski definition) is 2. The highest BCUT2D eigenvalue weighted by atomic mass is 19.4. The van der Waals surface area contributed by atoms with Gasteiger partial charge in [-0.25, -0.2) is 19.4 Å². The van der Waals surface area contributed by atoms with Crippen LogP contribution in [0.5, 0.6) is 0 Å². The number of amides is 4. The third-order valence-electron chi connectivity index (χ3n) is 8.23. The Kier molecular flexibility index (Phi) is 7.23. The van der Waals surface area contributed by atoms with Gasteiger partial charge in [0.2, 0.25) is 5.41 Å². The maximum absolute atomic E-state index is 14.8. The van der Waals surface area contributed by atoms with E-state index in [1.165, 1.54) is 0 Å². The number of carboxylic acids is 2. The lowest BCUT2D eigenvalue weighted by molar-refractivity contribution is -0.288. The summed E-state index contributed by atoms with van der Waals surface area (Å²) >= 11 is 0. The fourth-order valence-electron chi connectivity index (χ4n) is 5.92. The molecule has 248 valence electrons. The van der Waals surface area contributed by atoms with Gasteiger partial charge in [0, 0.05) is 0 Å². The zero-order valence-electron chi connectivity index (χ0n) is 24.1. The Morgan fingerprint density at radius 1 is 0.469 bits per heavy atom. The zero-order chi connectivity index (χ0) is 35.8. The van der Waals surface area contributed by atoms with E-state index in [1.54, 1.807) is 0 Å². The first-order valence-corrected chi connectivity index (χ1v) is 13.8. The Labute approximate surface area is 269 Å². The number of imide groups is 2. The third kappa shape index (κ3) is 4.74. The molecule has 16 heteroatoms. The number of carboxylic acid groups (broad SMARTS) is 2. The predicted molar refractivity (Wildman–Crippen MR) is 155 cm³/mol. The van der Waals surface area contributed by atoms with Crippen LogP contribution in [0, 0.1) is 0 Å². The van der Waals surface area contributed by atoms with Gasteiger partial charge in [0.25, 0.3) is 23.6 Å². The van der Waals surface area contributed by atoms with Crippen LogP contribution < -0.4 is 9.80 Å². The maximum atomic E-state index is 14.8. The van der Waals surface area contributed by atoms with Crippen molar-refractivity contribution in [1.82, 2.24) is 0 Å². The van der Waals surface area contributed by atoms with Crippen LogP contribution in [0.1, 0.15) is 73.3 Å². The molecule has 0 atom stereocenters. The normalized spacial score (nSPS) is 14.7. The predicted octanol–water partition coefficient (Wildman–Crippen LogP) is 6.09. The molecule has 0 spiro atoms. The minimum atomic E-state index is -6.04. The van der Waals surface area contributed by atoms with Crippen molar-refractivity contribution in [3.05, 3.63) is 129 Å². The molecule has 49 heavy (non-hydrogen) atoms. The first-order chi connectivity index (χ1) is 22.9. The van der Waals surface area contributed by atoms with Crippen molar-refractivity contribution < 1.29 is 65.3 Å². The number of fused-ring (bicyclic) bond motifs is 2. The number of carbonyl (C=O) groups is 6. The van der Waals surface area contributed by atoms with E-state index >= 15 is 0 Å². The molecule has 2 aliphatic rings. The SMILES string of the molecule is O=C(O)c1ccc2c(c1)C(=O)N(c1ccc(C(c3ccc(N4C(=O)c5ccc(C(=O)O)cc5C4=O)cc3)(C(F)(F)F)C(F)(F)F)cc1)C2=O. The molecule has 0 aliphatic carbocycles. The average molecular weight is 682 g/mol. The standard InChI is InChI=1S/C33H16F6N2O8/c34-32(35,36)31(33(37,38)39,17-3-7-19(8-4-17)40-25(42)21-11-1-15(29(46)47)13-23(21)27(40)44)18-5-9-20(10-6-18)41-26(43)22-12-2-16(30(48)49)14-24(22)28(41)45/h1-14H,(H,46,47)(H,48,49). The van der Waals surface area contributed by atoms with Gasteiger partial charge in [-0.05, 0) is 71.8 Å². The second-order valence-electron chi connectivity index (χ2n) is 10.9. The van der Waals surface area contributed by atoms with Crippen molar-refractivity contribution in [2.24, 2.45) is 0 Å². The summed E-state index contributed by atoms with van der Waals surface area (Å²) in [6.45, 7) is 0. The molecule has 0 fully saturated rings. The quantitative estimate of drug-likeness (QED) is 0.183. The number of rotatable bonds is 6. The van der Waals surface area contributed by atoms with Crippen molar-refractivity contribution >= 4 is 46.9 Å². The van der Waals surface area contributed by atoms with E-state index in [0.29, 0.717) is 58.3 Å². The van der Waals surface area contributed by atoms with Crippen LogP contribution in [0.3, 0.4) is 0 Å². The van der Waals surface area contributed by atoms with Gasteiger partial charge in [0.1, 0.15) is 0 Å². The lowest BCUT2D eigenvalue weighted by atomic mass is 9.73. The van der Waals surface area contributed by atoms with E-state index in [2.05, 4.69) is 0 Å². The molecule has 2 heterocycles. The molecule has 4 aromatic carbocycles. The Morgan fingerprint density at radius 2 is 0.776 bits per heavy atom. The smallest absolute Gasteiger partial charge is 0.411 e. The maximum Gasteiger partial charge on any atom is 0.411 e. The summed E-state index contributed by atoms with van der Waals surface area (Å²) < 4.78 is 88.8. The molecule has 0 bridgehead atoms. The minimum Gasteiger partial charge on any atom is -0.478 e. The number of halogens is 6. The highest BCUT2D eigenvalue weighted by molar-refractivity contribution is 6.35. The van der Waals surface area contributed by atoms with Crippen molar-refractivity contribution in [3.63, 3.8) is 0 Å². The Balaban J connectivity index is 1.39. The van der Waals surface area contributed by atoms with E-state index in [0.717, 1.165) is 36.4 Å². The van der Waals surface area contributed by atoms with Crippen LogP contribution >= 0.6 is 0 Å². The number of hydrogen-bond acceptors (Lipinski definition) is 6. The highest BCUT2D eigenvalue weighted by Crippen LogP contribution is 2.56. The van der Waals surface area contributed by atoms with E-state index in [4.69, 9.17) is 0 Å². The Morgan fingerprint density at radius 3 is 1.06 bits per heavy atom. The summed E-state index contributed by atoms with van der Waals surface area (Å²) in [5.74, 6) is -6.87. The molecule has 0 radical (unpaired) electrons. The molecular weight excluding hydrogens is 666 g/mol. The highest BCUT2D eigenvalue weighted by Gasteiger charge is 2.72. The Hall–Kier alpha value is -6.32. The molecule has 4 amide bonds. The van der Waals surface area contributed by atoms with E-state index in [-0.39, 0.29) is 33.4 Å². The molecule has 0 saturated carbocycles. The van der Waals surface area contributed by atoms with Crippen LogP contribution in [0.2, 0.25) is 0 Å². The molecule has 0 aromatic heterocycles. The van der Waals surface area contributed by atoms with Crippen molar-refractivity contribution in [2.45, 2.75) is 17.8 Å². The van der Waals surface area contributed by atoms with Crippen LogP contribution in [0.15, 0.2) is 84.9 Å². The number of benzene rings is 4. The van der Waals surface area contributed by atoms with Gasteiger partial charge in [-0.3, -0.25) is 19.2 Å². The molecule has 2 aliphatic heterocycles. The monoisotopic (exact) mass is 682 g/mol. The van der Waals surface area contributed by atoms with Crippen molar-refractivity contribution in [1.29, 1.82) is 0 Å². The van der Waals surface area contributed by atoms with Gasteiger partial charge in [0.15, 0.2) is 0 Å². The fourth-order valence-corrected chi connectivity index (χ4v) is 5.92. The molecular formula is C33H16F6N2O8. The number of aromatic carboxylic acids is 2. The summed E-state index contributed by atoms with van der Waals surface area (Å²) in [5.41, 5.74) is -9.94. The van der Waals surface area contributed by atoms with Gasteiger partial charge in [-0.15, -0.1) is 0 Å². The van der Waals surface area contributed by atoms with Gasteiger partial charge in [-0.2, -0.15) is 26.3 Å². The van der Waals surface area contributed by atoms with E-state index in [1.807, 2.05) is 0 Å². The first kappa shape index (κ1) is 32.6. The number of alkyl halides is 6. The summed E-state index contributed by atoms with van der Waals surface area (Å²) in [6.07, 6.45) is -12.1. The van der Waals surface area contributed by atoms with E-state index in [9.17, 15) is 65.3 Å². The third-order valence-corrected chi connectivity index (χ3v) is 8.23. The average Bonchev–Trinajstić information content (AvgIpc) is 3.44. The Bertz CT molecular complexity index is 1990. The van der Waals surface area contributed by atoms with Crippen LogP contribution in [-0.2, 0) is 5.41 Å². The topological polar surface area (TPSA) is 149 Å². The molecule has 0 unspecified atom stereocenters. The molecule has 6 rings (SSSR count). The summed E-state index contributed by atoms with van der Waals surface area (Å²) in [5, 5.41) is 18.4. The number of nitrogens with zero attached hydrogens (tertiary/aromatic N) is 2. The van der Waals surface area contributed by atoms with Gasteiger partial charge < -0.3 is 10.2 Å². The van der Waals surface area contributed by atoms with Gasteiger partial charge in [0.05, 0.1) is 44.8 Å². The fraction of sp³-hybridized carbons (Fsp3) is 0.0909. The first-order valence-electron chi connectivity index (χ1n) is 13.8. The largest absolute Gasteiger partial charge is 0.478 e. The van der Waals surface area contributed by atoms with E-state index < -0.39 is 75.8 Å². The van der Waals surface area contributed by atoms with Gasteiger partial charge >= 0.3 is 24.3 Å². The van der Waals surface area contributed by atoms with Crippen LogP contribution in [0.4, 0.5) is 37.7 Å². The lowest BCUT2D eigenvalue weighted by Crippen LogP contribution is -2.54. The van der Waals surface area contributed by atoms with Gasteiger partial charge in [-0.1, -0.05) is 24.3 Å². The number of anilines is 2. The summed E-state index contributed by atoms with van der Waals surface area (Å²) in [7, 11) is 0. The lowest BCUT2D eigenvalue weighted by Gasteiger charge is -2.38. The van der Waals surface area contributed by atoms with Crippen molar-refractivity contribution in [3.8, 4) is 0 Å². The number of carbonyl (C=O) groups excluding carboxylic acids is 4. The molecule has 4 aromatic rings. The minimum absolute atomic E-state index is 0.223. The van der Waals surface area contributed by atoms with Crippen LogP contribution in [-0.4, -0.2) is 58.1 Å². The second kappa shape index (κ2) is 10.9. The summed E-state index contributed by atoms with van der Waals surface area (Å²) in [6, 6.07) is 10.7. The zero-order valence-corrected chi connectivity index (χ0v) is 24.1. The van der Waals surface area contributed by atoms with Crippen molar-refractivity contribution in [2.75, 3.05) is 9.80 Å². The molecule has 10 nitrogen and oxygen atoms in total. The molecule has 2 N–H and O–H groups in total. The molecule has 0 saturated heterocycles. The van der Waals surface area contributed by atoms with Crippen LogP contribution in [0.25, 0.3) is 0 Å². The summed E-state index contributed by atoms with van der Waals surface area (Å²) in [4.78, 5) is 75.4.